The molecule has 1 aromatic heterocycles. The predicted octanol–water partition coefficient (Wildman–Crippen LogP) is 4.45. The van der Waals surface area contributed by atoms with Crippen molar-refractivity contribution >= 4 is 27.3 Å². The van der Waals surface area contributed by atoms with Gasteiger partial charge in [0.05, 0.1) is 3.79 Å². The third-order valence-electron chi connectivity index (χ3n) is 2.59. The Morgan fingerprint density at radius 3 is 2.65 bits per heavy atom. The van der Waals surface area contributed by atoms with Gasteiger partial charge in [0.1, 0.15) is 0 Å². The minimum atomic E-state index is 0.997. The molecule has 0 bridgehead atoms. The van der Waals surface area contributed by atoms with E-state index in [1.54, 1.807) is 11.3 Å². The van der Waals surface area contributed by atoms with Gasteiger partial charge in [0.25, 0.3) is 0 Å². The number of hydrogen-bond acceptors (Lipinski definition) is 2. The molecule has 1 nitrogen and oxygen atoms in total. The summed E-state index contributed by atoms with van der Waals surface area (Å²) in [7, 11) is 2.16. The highest BCUT2D eigenvalue weighted by Gasteiger charge is 2.04. The Kier molecular flexibility index (Phi) is 4.37. The van der Waals surface area contributed by atoms with Gasteiger partial charge in [-0.25, -0.2) is 0 Å². The molecule has 2 rings (SSSR count). The van der Waals surface area contributed by atoms with E-state index >= 15 is 0 Å². The van der Waals surface area contributed by atoms with Crippen molar-refractivity contribution in [2.45, 2.75) is 20.0 Å². The lowest BCUT2D eigenvalue weighted by atomic mass is 10.1. The molecule has 0 atom stereocenters. The van der Waals surface area contributed by atoms with Crippen LogP contribution in [0.25, 0.3) is 0 Å². The van der Waals surface area contributed by atoms with Crippen molar-refractivity contribution in [1.29, 1.82) is 0 Å². The van der Waals surface area contributed by atoms with Crippen LogP contribution in [0.1, 0.15) is 16.0 Å². The maximum Gasteiger partial charge on any atom is 0.0701 e. The average molecular weight is 310 g/mol. The number of rotatable bonds is 4. The standard InChI is InChI=1S/C14H16BrNS/c1-11-4-3-5-12(8-11)9-16(2)10-13-6-7-14(15)17-13/h3-8H,9-10H2,1-2H3. The summed E-state index contributed by atoms with van der Waals surface area (Å²) in [6.07, 6.45) is 0. The van der Waals surface area contributed by atoms with Crippen LogP contribution in [-0.4, -0.2) is 11.9 Å². The van der Waals surface area contributed by atoms with Gasteiger partial charge in [-0.1, -0.05) is 29.8 Å². The maximum atomic E-state index is 3.50. The molecular formula is C14H16BrNS. The number of halogens is 1. The molecule has 0 aliphatic heterocycles. The molecule has 2 aromatic rings. The van der Waals surface area contributed by atoms with Gasteiger partial charge in [0, 0.05) is 18.0 Å². The summed E-state index contributed by atoms with van der Waals surface area (Å²) in [5, 5.41) is 0. The molecule has 0 saturated heterocycles. The third-order valence-corrected chi connectivity index (χ3v) is 4.20. The van der Waals surface area contributed by atoms with Gasteiger partial charge in [0.15, 0.2) is 0 Å². The van der Waals surface area contributed by atoms with Crippen molar-refractivity contribution in [2.75, 3.05) is 7.05 Å². The molecular weight excluding hydrogens is 294 g/mol. The van der Waals surface area contributed by atoms with Crippen LogP contribution in [0.4, 0.5) is 0 Å². The summed E-state index contributed by atoms with van der Waals surface area (Å²) in [5.41, 5.74) is 2.71. The van der Waals surface area contributed by atoms with E-state index in [0.717, 1.165) is 13.1 Å². The van der Waals surface area contributed by atoms with Crippen molar-refractivity contribution in [2.24, 2.45) is 0 Å². The Balaban J connectivity index is 1.95. The van der Waals surface area contributed by atoms with Crippen molar-refractivity contribution < 1.29 is 0 Å². The molecule has 0 spiro atoms. The smallest absolute Gasteiger partial charge is 0.0701 e. The topological polar surface area (TPSA) is 3.24 Å². The van der Waals surface area contributed by atoms with Gasteiger partial charge in [-0.3, -0.25) is 4.90 Å². The molecule has 90 valence electrons. The maximum absolute atomic E-state index is 3.50. The zero-order valence-corrected chi connectivity index (χ0v) is 12.5. The molecule has 0 fully saturated rings. The highest BCUT2D eigenvalue weighted by molar-refractivity contribution is 9.11. The quantitative estimate of drug-likeness (QED) is 0.806. The molecule has 1 aromatic carbocycles. The van der Waals surface area contributed by atoms with Crippen molar-refractivity contribution in [3.8, 4) is 0 Å². The monoisotopic (exact) mass is 309 g/mol. The lowest BCUT2D eigenvalue weighted by Gasteiger charge is -2.15. The summed E-state index contributed by atoms with van der Waals surface area (Å²) >= 11 is 5.30. The lowest BCUT2D eigenvalue weighted by Crippen LogP contribution is -2.16. The van der Waals surface area contributed by atoms with E-state index < -0.39 is 0 Å². The molecule has 0 N–H and O–H groups in total. The van der Waals surface area contributed by atoms with Crippen molar-refractivity contribution in [1.82, 2.24) is 4.90 Å². The largest absolute Gasteiger partial charge is 0.297 e. The van der Waals surface area contributed by atoms with Gasteiger partial charge in [-0.15, -0.1) is 11.3 Å². The minimum Gasteiger partial charge on any atom is -0.297 e. The number of hydrogen-bond donors (Lipinski definition) is 0. The molecule has 0 saturated carbocycles. The molecule has 17 heavy (non-hydrogen) atoms. The third kappa shape index (κ3) is 3.95. The van der Waals surface area contributed by atoms with Gasteiger partial charge < -0.3 is 0 Å². The zero-order chi connectivity index (χ0) is 12.3. The van der Waals surface area contributed by atoms with Crippen molar-refractivity contribution in [3.05, 3.63) is 56.2 Å². The Morgan fingerprint density at radius 2 is 2.00 bits per heavy atom. The Hall–Kier alpha value is -0.640. The predicted molar refractivity (Wildman–Crippen MR) is 78.4 cm³/mol. The first-order valence-electron chi connectivity index (χ1n) is 5.62. The number of aryl methyl sites for hydroxylation is 1. The van der Waals surface area contributed by atoms with E-state index in [9.17, 15) is 0 Å². The fourth-order valence-corrected chi connectivity index (χ4v) is 3.44. The van der Waals surface area contributed by atoms with E-state index in [0.29, 0.717) is 0 Å². The normalized spacial score (nSPS) is 11.1. The summed E-state index contributed by atoms with van der Waals surface area (Å²) < 4.78 is 1.21. The molecule has 3 heteroatoms. The fraction of sp³-hybridized carbons (Fsp3) is 0.286. The fourth-order valence-electron chi connectivity index (χ4n) is 1.88. The Labute approximate surface area is 115 Å². The average Bonchev–Trinajstić information content (AvgIpc) is 2.63. The molecule has 0 unspecified atom stereocenters. The molecule has 0 radical (unpaired) electrons. The SMILES string of the molecule is Cc1cccc(CN(C)Cc2ccc(Br)s2)c1. The van der Waals surface area contributed by atoms with Gasteiger partial charge in [-0.2, -0.15) is 0 Å². The van der Waals surface area contributed by atoms with Crippen LogP contribution < -0.4 is 0 Å². The van der Waals surface area contributed by atoms with E-state index in [1.807, 2.05) is 0 Å². The minimum absolute atomic E-state index is 0.997. The first kappa shape index (κ1) is 12.8. The second kappa shape index (κ2) is 5.80. The van der Waals surface area contributed by atoms with Gasteiger partial charge in [0.2, 0.25) is 0 Å². The highest BCUT2D eigenvalue weighted by Crippen LogP contribution is 2.23. The first-order valence-corrected chi connectivity index (χ1v) is 7.23. The van der Waals surface area contributed by atoms with Crippen LogP contribution in [0.2, 0.25) is 0 Å². The van der Waals surface area contributed by atoms with Gasteiger partial charge in [-0.05, 0) is 47.6 Å². The van der Waals surface area contributed by atoms with E-state index in [1.165, 1.54) is 19.8 Å². The van der Waals surface area contributed by atoms with Crippen LogP contribution in [0, 0.1) is 6.92 Å². The van der Waals surface area contributed by atoms with E-state index in [-0.39, 0.29) is 0 Å². The second-order valence-electron chi connectivity index (χ2n) is 4.37. The Bertz CT molecular complexity index is 492. The highest BCUT2D eigenvalue weighted by atomic mass is 79.9. The second-order valence-corrected chi connectivity index (χ2v) is 6.91. The Morgan fingerprint density at radius 1 is 1.18 bits per heavy atom. The van der Waals surface area contributed by atoms with Crippen LogP contribution in [0.5, 0.6) is 0 Å². The van der Waals surface area contributed by atoms with E-state index in [2.05, 4.69) is 71.2 Å². The number of benzene rings is 1. The summed E-state index contributed by atoms with van der Waals surface area (Å²) in [6.45, 7) is 4.14. The molecule has 0 amide bonds. The summed E-state index contributed by atoms with van der Waals surface area (Å²) in [4.78, 5) is 3.74. The molecule has 0 aliphatic carbocycles. The van der Waals surface area contributed by atoms with Gasteiger partial charge >= 0.3 is 0 Å². The van der Waals surface area contributed by atoms with E-state index in [4.69, 9.17) is 0 Å². The lowest BCUT2D eigenvalue weighted by molar-refractivity contribution is 0.322. The van der Waals surface area contributed by atoms with Crippen LogP contribution in [0.15, 0.2) is 40.2 Å². The first-order chi connectivity index (χ1) is 8.13. The van der Waals surface area contributed by atoms with Crippen molar-refractivity contribution in [3.63, 3.8) is 0 Å². The summed E-state index contributed by atoms with van der Waals surface area (Å²) in [5.74, 6) is 0. The molecule has 1 heterocycles. The zero-order valence-electron chi connectivity index (χ0n) is 10.1. The van der Waals surface area contributed by atoms with Crippen LogP contribution in [-0.2, 0) is 13.1 Å². The van der Waals surface area contributed by atoms with Crippen LogP contribution >= 0.6 is 27.3 Å². The molecule has 0 aliphatic rings. The number of nitrogens with zero attached hydrogens (tertiary/aromatic N) is 1. The number of thiophene rings is 1. The summed E-state index contributed by atoms with van der Waals surface area (Å²) in [6, 6.07) is 13.0. The van der Waals surface area contributed by atoms with Crippen LogP contribution in [0.3, 0.4) is 0 Å².